The summed E-state index contributed by atoms with van der Waals surface area (Å²) in [4.78, 5) is 12.3. The number of ether oxygens (including phenoxy) is 2. The second-order valence-corrected chi connectivity index (χ2v) is 6.16. The lowest BCUT2D eigenvalue weighted by Crippen LogP contribution is -2.50. The average Bonchev–Trinajstić information content (AvgIpc) is 2.44. The molecule has 0 radical (unpaired) electrons. The van der Waals surface area contributed by atoms with Gasteiger partial charge in [0.2, 0.25) is 6.10 Å². The van der Waals surface area contributed by atoms with Crippen molar-refractivity contribution in [2.75, 3.05) is 13.2 Å². The molecule has 116 valence electrons. The van der Waals surface area contributed by atoms with Crippen molar-refractivity contribution in [3.05, 3.63) is 24.3 Å². The summed E-state index contributed by atoms with van der Waals surface area (Å²) in [6.45, 7) is 6.41. The van der Waals surface area contributed by atoms with E-state index in [0.29, 0.717) is 24.5 Å². The minimum atomic E-state index is -0.662. The third-order valence-corrected chi connectivity index (χ3v) is 3.63. The van der Waals surface area contributed by atoms with Gasteiger partial charge in [-0.2, -0.15) is 0 Å². The Morgan fingerprint density at radius 1 is 1.29 bits per heavy atom. The van der Waals surface area contributed by atoms with Gasteiger partial charge in [0.05, 0.1) is 0 Å². The number of fused-ring (bicyclic) bond motifs is 1. The van der Waals surface area contributed by atoms with E-state index in [4.69, 9.17) is 14.6 Å². The van der Waals surface area contributed by atoms with Crippen molar-refractivity contribution in [3.8, 4) is 11.5 Å². The van der Waals surface area contributed by atoms with Crippen molar-refractivity contribution < 1.29 is 19.4 Å². The molecule has 1 amide bonds. The summed E-state index contributed by atoms with van der Waals surface area (Å²) in [5, 5.41) is 11.9. The van der Waals surface area contributed by atoms with Crippen LogP contribution >= 0.6 is 0 Å². The molecule has 0 spiro atoms. The van der Waals surface area contributed by atoms with Gasteiger partial charge in [-0.25, -0.2) is 0 Å². The summed E-state index contributed by atoms with van der Waals surface area (Å²) < 4.78 is 11.5. The van der Waals surface area contributed by atoms with Crippen LogP contribution in [0.5, 0.6) is 11.5 Å². The van der Waals surface area contributed by atoms with E-state index in [0.717, 1.165) is 0 Å². The highest BCUT2D eigenvalue weighted by Crippen LogP contribution is 2.33. The topological polar surface area (TPSA) is 67.8 Å². The van der Waals surface area contributed by atoms with Gasteiger partial charge in [0, 0.05) is 13.2 Å². The Kier molecular flexibility index (Phi) is 4.73. The van der Waals surface area contributed by atoms with E-state index < -0.39 is 6.10 Å². The SMILES string of the molecule is CC1Oc2ccccc2OC1C(=O)NCC(C)(C)CCO. The maximum atomic E-state index is 12.3. The van der Waals surface area contributed by atoms with E-state index in [1.807, 2.05) is 39.0 Å². The van der Waals surface area contributed by atoms with E-state index >= 15 is 0 Å². The van der Waals surface area contributed by atoms with Crippen LogP contribution in [-0.4, -0.2) is 36.4 Å². The van der Waals surface area contributed by atoms with Crippen LogP contribution in [0.3, 0.4) is 0 Å². The van der Waals surface area contributed by atoms with Crippen LogP contribution in [0, 0.1) is 5.41 Å². The molecule has 1 aromatic carbocycles. The van der Waals surface area contributed by atoms with Crippen molar-refractivity contribution in [1.82, 2.24) is 5.32 Å². The first kappa shape index (κ1) is 15.6. The Morgan fingerprint density at radius 2 is 1.90 bits per heavy atom. The zero-order chi connectivity index (χ0) is 15.5. The minimum Gasteiger partial charge on any atom is -0.482 e. The standard InChI is InChI=1S/C16H23NO4/c1-11-14(15(19)17-10-16(2,3)8-9-18)21-13-7-5-4-6-12(13)20-11/h4-7,11,14,18H,8-10H2,1-3H3,(H,17,19). The molecule has 0 aliphatic carbocycles. The molecule has 1 heterocycles. The molecule has 2 unspecified atom stereocenters. The number of rotatable bonds is 5. The fourth-order valence-corrected chi connectivity index (χ4v) is 2.22. The van der Waals surface area contributed by atoms with E-state index in [9.17, 15) is 4.79 Å². The normalized spacial score (nSPS) is 21.0. The van der Waals surface area contributed by atoms with Crippen LogP contribution in [0.1, 0.15) is 27.2 Å². The molecule has 1 aliphatic rings. The Bertz CT molecular complexity index is 501. The first-order valence-electron chi connectivity index (χ1n) is 7.24. The van der Waals surface area contributed by atoms with E-state index in [-0.39, 0.29) is 24.0 Å². The largest absolute Gasteiger partial charge is 0.482 e. The molecule has 0 saturated carbocycles. The average molecular weight is 293 g/mol. The molecule has 1 aromatic rings. The second kappa shape index (κ2) is 6.35. The lowest BCUT2D eigenvalue weighted by molar-refractivity contribution is -0.133. The number of benzene rings is 1. The van der Waals surface area contributed by atoms with Crippen LogP contribution in [0.4, 0.5) is 0 Å². The predicted octanol–water partition coefficient (Wildman–Crippen LogP) is 1.74. The van der Waals surface area contributed by atoms with Crippen LogP contribution in [0.2, 0.25) is 0 Å². The third-order valence-electron chi connectivity index (χ3n) is 3.63. The molecule has 2 rings (SSSR count). The zero-order valence-corrected chi connectivity index (χ0v) is 12.8. The monoisotopic (exact) mass is 293 g/mol. The molecule has 5 heteroatoms. The van der Waals surface area contributed by atoms with Crippen LogP contribution < -0.4 is 14.8 Å². The molecule has 0 aromatic heterocycles. The first-order chi connectivity index (χ1) is 9.93. The number of nitrogens with one attached hydrogen (secondary N) is 1. The van der Waals surface area contributed by atoms with Crippen molar-refractivity contribution in [2.45, 2.75) is 39.4 Å². The predicted molar refractivity (Wildman–Crippen MR) is 79.4 cm³/mol. The minimum absolute atomic E-state index is 0.107. The van der Waals surface area contributed by atoms with Gasteiger partial charge in [-0.15, -0.1) is 0 Å². The lowest BCUT2D eigenvalue weighted by atomic mass is 9.89. The number of para-hydroxylation sites is 2. The second-order valence-electron chi connectivity index (χ2n) is 6.16. The summed E-state index contributed by atoms with van der Waals surface area (Å²) in [5.41, 5.74) is -0.152. The quantitative estimate of drug-likeness (QED) is 0.868. The Hall–Kier alpha value is -1.75. The van der Waals surface area contributed by atoms with Crippen LogP contribution in [0.15, 0.2) is 24.3 Å². The molecule has 0 bridgehead atoms. The molecular weight excluding hydrogens is 270 g/mol. The Morgan fingerprint density at radius 3 is 2.52 bits per heavy atom. The number of aliphatic hydroxyl groups excluding tert-OH is 1. The van der Waals surface area contributed by atoms with Gasteiger partial charge >= 0.3 is 0 Å². The molecular formula is C16H23NO4. The highest BCUT2D eigenvalue weighted by molar-refractivity contribution is 5.82. The van der Waals surface area contributed by atoms with Crippen molar-refractivity contribution in [1.29, 1.82) is 0 Å². The molecule has 2 atom stereocenters. The highest BCUT2D eigenvalue weighted by atomic mass is 16.6. The fourth-order valence-electron chi connectivity index (χ4n) is 2.22. The van der Waals surface area contributed by atoms with E-state index in [1.165, 1.54) is 0 Å². The van der Waals surface area contributed by atoms with Gasteiger partial charge in [0.25, 0.3) is 5.91 Å². The molecule has 2 N–H and O–H groups in total. The number of hydrogen-bond acceptors (Lipinski definition) is 4. The van der Waals surface area contributed by atoms with E-state index in [1.54, 1.807) is 6.07 Å². The van der Waals surface area contributed by atoms with Gasteiger partial charge in [0.15, 0.2) is 11.5 Å². The van der Waals surface area contributed by atoms with Gasteiger partial charge < -0.3 is 19.9 Å². The molecule has 0 fully saturated rings. The maximum absolute atomic E-state index is 12.3. The van der Waals surface area contributed by atoms with Gasteiger partial charge in [-0.3, -0.25) is 4.79 Å². The van der Waals surface area contributed by atoms with E-state index in [2.05, 4.69) is 5.32 Å². The first-order valence-corrected chi connectivity index (χ1v) is 7.24. The maximum Gasteiger partial charge on any atom is 0.265 e. The molecule has 21 heavy (non-hydrogen) atoms. The van der Waals surface area contributed by atoms with Crippen molar-refractivity contribution >= 4 is 5.91 Å². The fraction of sp³-hybridized carbons (Fsp3) is 0.562. The summed E-state index contributed by atoms with van der Waals surface area (Å²) in [6.07, 6.45) is -0.376. The number of carbonyl (C=O) groups is 1. The summed E-state index contributed by atoms with van der Waals surface area (Å²) in [7, 11) is 0. The Labute approximate surface area is 125 Å². The number of amides is 1. The molecule has 5 nitrogen and oxygen atoms in total. The molecule has 0 saturated heterocycles. The van der Waals surface area contributed by atoms with Crippen LogP contribution in [0.25, 0.3) is 0 Å². The van der Waals surface area contributed by atoms with Gasteiger partial charge in [-0.05, 0) is 30.9 Å². The van der Waals surface area contributed by atoms with Gasteiger partial charge in [0.1, 0.15) is 6.10 Å². The Balaban J connectivity index is 1.97. The number of hydrogen-bond donors (Lipinski definition) is 2. The van der Waals surface area contributed by atoms with Crippen molar-refractivity contribution in [2.24, 2.45) is 5.41 Å². The number of carbonyl (C=O) groups excluding carboxylic acids is 1. The molecule has 1 aliphatic heterocycles. The van der Waals surface area contributed by atoms with Crippen LogP contribution in [-0.2, 0) is 4.79 Å². The summed E-state index contributed by atoms with van der Waals surface area (Å²) in [5.74, 6) is 1.06. The lowest BCUT2D eigenvalue weighted by Gasteiger charge is -2.32. The smallest absolute Gasteiger partial charge is 0.265 e. The summed E-state index contributed by atoms with van der Waals surface area (Å²) >= 11 is 0. The third kappa shape index (κ3) is 3.88. The highest BCUT2D eigenvalue weighted by Gasteiger charge is 2.34. The van der Waals surface area contributed by atoms with Crippen molar-refractivity contribution in [3.63, 3.8) is 0 Å². The van der Waals surface area contributed by atoms with Gasteiger partial charge in [-0.1, -0.05) is 26.0 Å². The number of aliphatic hydroxyl groups is 1. The zero-order valence-electron chi connectivity index (χ0n) is 12.8. The summed E-state index contributed by atoms with van der Waals surface area (Å²) in [6, 6.07) is 7.33.